The highest BCUT2D eigenvalue weighted by atomic mass is 16.4. The van der Waals surface area contributed by atoms with E-state index in [4.69, 9.17) is 0 Å². The molecule has 82 valence electrons. The number of aliphatic carboxylic acids is 1. The Morgan fingerprint density at radius 3 is 2.36 bits per heavy atom. The van der Waals surface area contributed by atoms with Crippen molar-refractivity contribution in [2.24, 2.45) is 0 Å². The van der Waals surface area contributed by atoms with E-state index in [0.717, 1.165) is 19.4 Å². The zero-order valence-electron chi connectivity index (χ0n) is 8.25. The molecule has 0 saturated heterocycles. The molecule has 0 rings (SSSR count). The van der Waals surface area contributed by atoms with Crippen molar-refractivity contribution in [3.63, 3.8) is 0 Å². The first-order valence-corrected chi connectivity index (χ1v) is 4.70. The second kappa shape index (κ2) is 7.28. The summed E-state index contributed by atoms with van der Waals surface area (Å²) in [5.74, 6) is -1.61. The third kappa shape index (κ3) is 5.50. The Kier molecular flexibility index (Phi) is 6.69. The summed E-state index contributed by atoms with van der Waals surface area (Å²) >= 11 is 0. The van der Waals surface area contributed by atoms with Crippen molar-refractivity contribution in [3.05, 3.63) is 0 Å². The van der Waals surface area contributed by atoms with Gasteiger partial charge in [0.25, 0.3) is 5.91 Å². The summed E-state index contributed by atoms with van der Waals surface area (Å²) in [6.07, 6.45) is 1.97. The number of carboxylic acids is 1. The van der Waals surface area contributed by atoms with E-state index in [-0.39, 0.29) is 12.5 Å². The number of rotatable bonds is 7. The molecule has 0 bridgehead atoms. The van der Waals surface area contributed by atoms with E-state index in [0.29, 0.717) is 6.42 Å². The van der Waals surface area contributed by atoms with Gasteiger partial charge < -0.3 is 26.7 Å². The third-order valence-electron chi connectivity index (χ3n) is 1.84. The van der Waals surface area contributed by atoms with Crippen LogP contribution in [-0.4, -0.2) is 31.0 Å². The summed E-state index contributed by atoms with van der Waals surface area (Å²) in [7, 11) is 0. The number of carbonyl (C=O) groups excluding carboxylic acids is 2. The van der Waals surface area contributed by atoms with Gasteiger partial charge in [-0.2, -0.15) is 0 Å². The van der Waals surface area contributed by atoms with Crippen LogP contribution in [0.3, 0.4) is 0 Å². The molecule has 7 N–H and O–H groups in total. The molecular formula is C8H18N3O3+. The van der Waals surface area contributed by atoms with Crippen LogP contribution >= 0.6 is 0 Å². The van der Waals surface area contributed by atoms with Crippen molar-refractivity contribution in [1.29, 1.82) is 0 Å². The lowest BCUT2D eigenvalue weighted by molar-refractivity contribution is -0.368. The third-order valence-corrected chi connectivity index (χ3v) is 1.84. The maximum atomic E-state index is 10.9. The second-order valence-corrected chi connectivity index (χ2v) is 3.04. The highest BCUT2D eigenvalue weighted by molar-refractivity contribution is 5.83. The van der Waals surface area contributed by atoms with Crippen LogP contribution in [0.4, 0.5) is 0 Å². The molecule has 1 atom stereocenters. The second-order valence-electron chi connectivity index (χ2n) is 3.04. The van der Waals surface area contributed by atoms with Gasteiger partial charge in [0.05, 0.1) is 18.6 Å². The highest BCUT2D eigenvalue weighted by Gasteiger charge is 2.12. The molecular weight excluding hydrogens is 186 g/mol. The van der Waals surface area contributed by atoms with Gasteiger partial charge in [0.2, 0.25) is 0 Å². The molecule has 0 radical (unpaired) electrons. The Hall–Kier alpha value is -1.14. The van der Waals surface area contributed by atoms with Crippen LogP contribution in [0, 0.1) is 0 Å². The number of carbonyl (C=O) groups is 2. The lowest BCUT2D eigenvalue weighted by atomic mass is 10.1. The van der Waals surface area contributed by atoms with Gasteiger partial charge in [-0.1, -0.05) is 0 Å². The normalized spacial score (nSPS) is 12.1. The summed E-state index contributed by atoms with van der Waals surface area (Å²) in [6.45, 7) is 0.808. The monoisotopic (exact) mass is 204 g/mol. The van der Waals surface area contributed by atoms with Crippen molar-refractivity contribution in [2.75, 3.05) is 13.1 Å². The van der Waals surface area contributed by atoms with Gasteiger partial charge in [-0.3, -0.25) is 4.79 Å². The van der Waals surface area contributed by atoms with Gasteiger partial charge in [-0.05, 0) is 19.3 Å². The molecule has 0 aliphatic rings. The van der Waals surface area contributed by atoms with Crippen molar-refractivity contribution < 1.29 is 26.2 Å². The number of quaternary nitrogens is 2. The Morgan fingerprint density at radius 2 is 1.93 bits per heavy atom. The summed E-state index contributed by atoms with van der Waals surface area (Å²) in [5.41, 5.74) is 7.00. The van der Waals surface area contributed by atoms with Crippen LogP contribution in [0.25, 0.3) is 0 Å². The average molecular weight is 204 g/mol. The van der Waals surface area contributed by atoms with Crippen molar-refractivity contribution >= 4 is 11.9 Å². The van der Waals surface area contributed by atoms with E-state index >= 15 is 0 Å². The van der Waals surface area contributed by atoms with Crippen molar-refractivity contribution in [1.82, 2.24) is 5.32 Å². The first-order valence-electron chi connectivity index (χ1n) is 4.70. The molecule has 1 amide bonds. The molecule has 0 heterocycles. The maximum Gasteiger partial charge on any atom is 0.275 e. The first kappa shape index (κ1) is 12.9. The van der Waals surface area contributed by atoms with Gasteiger partial charge in [0.1, 0.15) is 0 Å². The van der Waals surface area contributed by atoms with E-state index in [1.54, 1.807) is 0 Å². The summed E-state index contributed by atoms with van der Waals surface area (Å²) < 4.78 is 0. The SMILES string of the molecule is [NH3+]CCCC[C@H](NC(=O)C[NH3+])C(=O)[O-]. The summed E-state index contributed by atoms with van der Waals surface area (Å²) in [4.78, 5) is 21.5. The summed E-state index contributed by atoms with van der Waals surface area (Å²) in [5, 5.41) is 12.9. The Balaban J connectivity index is 3.90. The number of amides is 1. The van der Waals surface area contributed by atoms with Gasteiger partial charge in [0, 0.05) is 0 Å². The lowest BCUT2D eigenvalue weighted by Gasteiger charge is -2.18. The van der Waals surface area contributed by atoms with E-state index in [9.17, 15) is 14.7 Å². The minimum absolute atomic E-state index is 0.0408. The largest absolute Gasteiger partial charge is 0.548 e. The molecule has 0 aromatic heterocycles. The van der Waals surface area contributed by atoms with Crippen molar-refractivity contribution in [2.45, 2.75) is 25.3 Å². The first-order chi connectivity index (χ1) is 6.61. The molecule has 0 aromatic carbocycles. The number of nitrogens with one attached hydrogen (secondary N) is 1. The number of hydrogen-bond acceptors (Lipinski definition) is 3. The van der Waals surface area contributed by atoms with Crippen molar-refractivity contribution in [3.8, 4) is 0 Å². The standard InChI is InChI=1S/C8H17N3O3/c9-4-2-1-3-6(8(13)14)11-7(12)5-10/h6H,1-5,9-10H2,(H,11,12)(H,13,14)/p+1/t6-/m0/s1. The zero-order valence-corrected chi connectivity index (χ0v) is 8.25. The molecule has 0 fully saturated rings. The minimum Gasteiger partial charge on any atom is -0.548 e. The van der Waals surface area contributed by atoms with E-state index in [1.165, 1.54) is 0 Å². The van der Waals surface area contributed by atoms with Crippen LogP contribution < -0.4 is 21.9 Å². The summed E-state index contributed by atoms with van der Waals surface area (Å²) in [6, 6.07) is -0.893. The topological polar surface area (TPSA) is 125 Å². The van der Waals surface area contributed by atoms with Crippen LogP contribution in [0.1, 0.15) is 19.3 Å². The van der Waals surface area contributed by atoms with Gasteiger partial charge in [-0.15, -0.1) is 0 Å². The van der Waals surface area contributed by atoms with Crippen LogP contribution in [0.2, 0.25) is 0 Å². The number of unbranched alkanes of at least 4 members (excludes halogenated alkanes) is 1. The lowest BCUT2D eigenvalue weighted by Crippen LogP contribution is -2.60. The highest BCUT2D eigenvalue weighted by Crippen LogP contribution is 1.98. The molecule has 0 aliphatic heterocycles. The Morgan fingerprint density at radius 1 is 1.29 bits per heavy atom. The predicted octanol–water partition coefficient (Wildman–Crippen LogP) is -4.12. The van der Waals surface area contributed by atoms with Crippen LogP contribution in [-0.2, 0) is 9.59 Å². The minimum atomic E-state index is -1.24. The zero-order chi connectivity index (χ0) is 11.0. The number of carboxylic acid groups (broad SMARTS) is 1. The maximum absolute atomic E-state index is 10.9. The smallest absolute Gasteiger partial charge is 0.275 e. The average Bonchev–Trinajstić information content (AvgIpc) is 2.16. The Bertz CT molecular complexity index is 196. The van der Waals surface area contributed by atoms with Gasteiger partial charge in [0.15, 0.2) is 6.54 Å². The molecule has 0 spiro atoms. The van der Waals surface area contributed by atoms with Gasteiger partial charge >= 0.3 is 0 Å². The van der Waals surface area contributed by atoms with Crippen LogP contribution in [0.15, 0.2) is 0 Å². The molecule has 0 saturated carbocycles. The van der Waals surface area contributed by atoms with E-state index in [1.807, 2.05) is 0 Å². The molecule has 14 heavy (non-hydrogen) atoms. The fourth-order valence-electron chi connectivity index (χ4n) is 1.04. The van der Waals surface area contributed by atoms with E-state index < -0.39 is 12.0 Å². The quantitative estimate of drug-likeness (QED) is 0.365. The molecule has 0 aliphatic carbocycles. The molecule has 0 aromatic rings. The van der Waals surface area contributed by atoms with Crippen LogP contribution in [0.5, 0.6) is 0 Å². The molecule has 0 unspecified atom stereocenters. The predicted molar refractivity (Wildman–Crippen MR) is 46.3 cm³/mol. The fourth-order valence-corrected chi connectivity index (χ4v) is 1.04. The number of hydrogen-bond donors (Lipinski definition) is 3. The van der Waals surface area contributed by atoms with Gasteiger partial charge in [-0.25, -0.2) is 0 Å². The molecule has 6 nitrogen and oxygen atoms in total. The Labute approximate surface area is 82.6 Å². The molecule has 6 heteroatoms. The fraction of sp³-hybridized carbons (Fsp3) is 0.750. The van der Waals surface area contributed by atoms with E-state index in [2.05, 4.69) is 16.8 Å².